The van der Waals surface area contributed by atoms with Crippen molar-refractivity contribution in [3.8, 4) is 0 Å². The third kappa shape index (κ3) is 5.42. The lowest BCUT2D eigenvalue weighted by molar-refractivity contribution is 0.0853. The number of aliphatic imine (C=N–C) groups is 1. The van der Waals surface area contributed by atoms with Gasteiger partial charge in [-0.25, -0.2) is 0 Å². The Balaban J connectivity index is 2.26. The van der Waals surface area contributed by atoms with Gasteiger partial charge in [-0.3, -0.25) is 4.99 Å². The first-order valence-electron chi connectivity index (χ1n) is 5.67. The van der Waals surface area contributed by atoms with Crippen LogP contribution in [0.25, 0.3) is 0 Å². The fourth-order valence-electron chi connectivity index (χ4n) is 1.56. The topological polar surface area (TPSA) is 33.6 Å². The minimum absolute atomic E-state index is 0.301. The molecule has 0 saturated carbocycles. The van der Waals surface area contributed by atoms with E-state index in [0.29, 0.717) is 24.0 Å². The van der Waals surface area contributed by atoms with Gasteiger partial charge in [0, 0.05) is 11.3 Å². The zero-order valence-corrected chi connectivity index (χ0v) is 10.9. The fraction of sp³-hybridized carbons (Fsp3) is 0.909. The smallest absolute Gasteiger partial charge is 0.157 e. The predicted octanol–water partition coefficient (Wildman–Crippen LogP) is 2.27. The summed E-state index contributed by atoms with van der Waals surface area (Å²) in [5, 5.41) is 5.14. The first-order valence-corrected chi connectivity index (χ1v) is 6.55. The van der Waals surface area contributed by atoms with Crippen molar-refractivity contribution in [3.63, 3.8) is 0 Å². The monoisotopic (exact) mass is 230 g/mol. The van der Waals surface area contributed by atoms with Crippen LogP contribution in [0.1, 0.15) is 34.1 Å². The van der Waals surface area contributed by atoms with Gasteiger partial charge in [0.2, 0.25) is 0 Å². The van der Waals surface area contributed by atoms with Crippen molar-refractivity contribution in [1.29, 1.82) is 0 Å². The molecule has 0 aromatic rings. The van der Waals surface area contributed by atoms with Crippen LogP contribution in [0.5, 0.6) is 0 Å². The van der Waals surface area contributed by atoms with E-state index in [1.165, 1.54) is 6.42 Å². The first-order chi connectivity index (χ1) is 7.08. The van der Waals surface area contributed by atoms with Gasteiger partial charge in [-0.2, -0.15) is 0 Å². The summed E-state index contributed by atoms with van der Waals surface area (Å²) in [4.78, 5) is 4.50. The van der Waals surface area contributed by atoms with Crippen LogP contribution in [0.3, 0.4) is 0 Å². The second-order valence-electron chi connectivity index (χ2n) is 4.32. The van der Waals surface area contributed by atoms with Crippen molar-refractivity contribution in [3.05, 3.63) is 0 Å². The number of nitrogens with one attached hydrogen (secondary N) is 1. The van der Waals surface area contributed by atoms with Gasteiger partial charge in [0.15, 0.2) is 5.17 Å². The van der Waals surface area contributed by atoms with Gasteiger partial charge in [0.25, 0.3) is 0 Å². The number of hydrogen-bond donors (Lipinski definition) is 1. The lowest BCUT2D eigenvalue weighted by atomic mass is 10.2. The summed E-state index contributed by atoms with van der Waals surface area (Å²) in [6.07, 6.45) is 1.52. The van der Waals surface area contributed by atoms with E-state index in [0.717, 1.165) is 11.7 Å². The van der Waals surface area contributed by atoms with Crippen molar-refractivity contribution in [2.24, 2.45) is 4.99 Å². The van der Waals surface area contributed by atoms with Crippen LogP contribution in [0.15, 0.2) is 4.99 Å². The predicted molar refractivity (Wildman–Crippen MR) is 67.7 cm³/mol. The summed E-state index contributed by atoms with van der Waals surface area (Å²) in [6.45, 7) is 10.0. The van der Waals surface area contributed by atoms with Gasteiger partial charge in [-0.1, -0.05) is 18.7 Å². The molecule has 2 atom stereocenters. The molecule has 0 aromatic heterocycles. The van der Waals surface area contributed by atoms with E-state index >= 15 is 0 Å². The fourth-order valence-corrected chi connectivity index (χ4v) is 2.76. The van der Waals surface area contributed by atoms with E-state index in [1.54, 1.807) is 0 Å². The maximum atomic E-state index is 5.44. The van der Waals surface area contributed by atoms with Crippen molar-refractivity contribution >= 4 is 16.9 Å². The molecule has 0 amide bonds. The number of nitrogens with zero attached hydrogens (tertiary/aromatic N) is 1. The van der Waals surface area contributed by atoms with Gasteiger partial charge >= 0.3 is 0 Å². The lowest BCUT2D eigenvalue weighted by Crippen LogP contribution is -2.38. The third-order valence-electron chi connectivity index (χ3n) is 2.17. The number of thioether (sulfide) groups is 1. The molecule has 1 fully saturated rings. The SMILES string of the molecule is CC1CC(C)SC(=NCCOC(C)C)N1. The Morgan fingerprint density at radius 3 is 2.87 bits per heavy atom. The summed E-state index contributed by atoms with van der Waals surface area (Å²) in [6, 6.07) is 0.547. The third-order valence-corrected chi connectivity index (χ3v) is 3.23. The Morgan fingerprint density at radius 1 is 1.53 bits per heavy atom. The normalized spacial score (nSPS) is 29.5. The maximum Gasteiger partial charge on any atom is 0.157 e. The number of hydrogen-bond acceptors (Lipinski definition) is 3. The van der Waals surface area contributed by atoms with E-state index in [9.17, 15) is 0 Å². The summed E-state index contributed by atoms with van der Waals surface area (Å²) in [7, 11) is 0. The van der Waals surface area contributed by atoms with Crippen LogP contribution in [0, 0.1) is 0 Å². The number of rotatable bonds is 4. The highest BCUT2D eigenvalue weighted by atomic mass is 32.2. The summed E-state index contributed by atoms with van der Waals surface area (Å²) in [5.74, 6) is 0. The minimum atomic E-state index is 0.301. The molecular weight excluding hydrogens is 208 g/mol. The van der Waals surface area contributed by atoms with Crippen LogP contribution in [0.4, 0.5) is 0 Å². The van der Waals surface area contributed by atoms with Gasteiger partial charge in [-0.15, -0.1) is 0 Å². The van der Waals surface area contributed by atoms with E-state index in [2.05, 4.69) is 24.2 Å². The molecule has 1 rings (SSSR count). The summed E-state index contributed by atoms with van der Waals surface area (Å²) >= 11 is 1.83. The summed E-state index contributed by atoms with van der Waals surface area (Å²) < 4.78 is 5.44. The first kappa shape index (κ1) is 12.8. The standard InChI is InChI=1S/C11H22N2OS/c1-8(2)14-6-5-12-11-13-9(3)7-10(4)15-11/h8-10H,5-7H2,1-4H3,(H,12,13). The lowest BCUT2D eigenvalue weighted by Gasteiger charge is -2.26. The average molecular weight is 230 g/mol. The van der Waals surface area contributed by atoms with Crippen molar-refractivity contribution in [1.82, 2.24) is 5.32 Å². The molecule has 3 nitrogen and oxygen atoms in total. The Morgan fingerprint density at radius 2 is 2.27 bits per heavy atom. The van der Waals surface area contributed by atoms with Crippen molar-refractivity contribution < 1.29 is 4.74 Å². The number of ether oxygens (including phenoxy) is 1. The molecule has 1 aliphatic rings. The Labute approximate surface area is 97.1 Å². The minimum Gasteiger partial charge on any atom is -0.377 e. The van der Waals surface area contributed by atoms with Crippen molar-refractivity contribution in [2.45, 2.75) is 51.5 Å². The molecule has 0 spiro atoms. The molecule has 15 heavy (non-hydrogen) atoms. The zero-order valence-electron chi connectivity index (χ0n) is 10.1. The molecule has 2 unspecified atom stereocenters. The van der Waals surface area contributed by atoms with Crippen LogP contribution in [-0.2, 0) is 4.74 Å². The molecule has 1 aliphatic heterocycles. The van der Waals surface area contributed by atoms with Gasteiger partial charge in [-0.05, 0) is 27.2 Å². The molecule has 0 bridgehead atoms. The van der Waals surface area contributed by atoms with E-state index in [4.69, 9.17) is 4.74 Å². The quantitative estimate of drug-likeness (QED) is 0.752. The Hall–Kier alpha value is -0.220. The maximum absolute atomic E-state index is 5.44. The molecule has 0 aromatic carbocycles. The molecular formula is C11H22N2OS. The second-order valence-corrected chi connectivity index (χ2v) is 5.74. The van der Waals surface area contributed by atoms with Gasteiger partial charge in [0.05, 0.1) is 19.3 Å². The van der Waals surface area contributed by atoms with Gasteiger partial charge in [0.1, 0.15) is 0 Å². The molecule has 88 valence electrons. The highest BCUT2D eigenvalue weighted by Crippen LogP contribution is 2.21. The molecule has 4 heteroatoms. The van der Waals surface area contributed by atoms with Crippen LogP contribution >= 0.6 is 11.8 Å². The average Bonchev–Trinajstić information content (AvgIpc) is 2.10. The summed E-state index contributed by atoms with van der Waals surface area (Å²) in [5.41, 5.74) is 0. The van der Waals surface area contributed by atoms with Crippen LogP contribution < -0.4 is 5.32 Å². The molecule has 1 heterocycles. The molecule has 1 saturated heterocycles. The van der Waals surface area contributed by atoms with E-state index in [-0.39, 0.29) is 0 Å². The Kier molecular flexibility index (Phi) is 5.47. The van der Waals surface area contributed by atoms with E-state index in [1.807, 2.05) is 25.6 Å². The van der Waals surface area contributed by atoms with Crippen molar-refractivity contribution in [2.75, 3.05) is 13.2 Å². The van der Waals surface area contributed by atoms with Crippen LogP contribution in [0.2, 0.25) is 0 Å². The van der Waals surface area contributed by atoms with E-state index < -0.39 is 0 Å². The highest BCUT2D eigenvalue weighted by Gasteiger charge is 2.19. The van der Waals surface area contributed by atoms with Gasteiger partial charge < -0.3 is 10.1 Å². The molecule has 0 aliphatic carbocycles. The second kappa shape index (κ2) is 6.38. The molecule has 0 radical (unpaired) electrons. The molecule has 1 N–H and O–H groups in total. The zero-order chi connectivity index (χ0) is 11.3. The highest BCUT2D eigenvalue weighted by molar-refractivity contribution is 8.14. The Bertz CT molecular complexity index is 207. The van der Waals surface area contributed by atoms with Crippen LogP contribution in [-0.4, -0.2) is 35.7 Å². The number of amidine groups is 1. The largest absolute Gasteiger partial charge is 0.377 e.